The van der Waals surface area contributed by atoms with E-state index in [0.717, 1.165) is 28.3 Å². The van der Waals surface area contributed by atoms with Gasteiger partial charge in [0, 0.05) is 22.0 Å². The van der Waals surface area contributed by atoms with Gasteiger partial charge in [0.15, 0.2) is 0 Å². The van der Waals surface area contributed by atoms with Gasteiger partial charge in [0.05, 0.1) is 17.1 Å². The smallest absolute Gasteiger partial charge is 0.256 e. The molecule has 41 heavy (non-hydrogen) atoms. The number of para-hydroxylation sites is 2. The number of benzene rings is 6. The van der Waals surface area contributed by atoms with Crippen molar-refractivity contribution >= 4 is 44.9 Å². The molecule has 3 nitrogen and oxygen atoms in total. The molecule has 0 saturated heterocycles. The summed E-state index contributed by atoms with van der Waals surface area (Å²) in [5, 5.41) is 11.9. The maximum atomic E-state index is 9.34. The molecule has 0 unspecified atom stereocenters. The Balaban J connectivity index is 1.38. The monoisotopic (exact) mass is 520 g/mol. The second-order valence-electron chi connectivity index (χ2n) is 10.8. The van der Waals surface area contributed by atoms with Crippen LogP contribution in [-0.2, 0) is 0 Å². The van der Waals surface area contributed by atoms with E-state index in [1.165, 1.54) is 49.3 Å². The average molecular weight is 520 g/mol. The van der Waals surface area contributed by atoms with Crippen molar-refractivity contribution in [1.29, 1.82) is 5.26 Å². The minimum Gasteiger partial charge on any atom is -0.458 e. The van der Waals surface area contributed by atoms with Crippen molar-refractivity contribution < 1.29 is 4.74 Å². The highest BCUT2D eigenvalue weighted by Crippen LogP contribution is 2.40. The van der Waals surface area contributed by atoms with E-state index in [2.05, 4.69) is 114 Å². The van der Waals surface area contributed by atoms with Crippen LogP contribution in [0.15, 0.2) is 127 Å². The molecule has 0 N–H and O–H groups in total. The van der Waals surface area contributed by atoms with Crippen LogP contribution in [-0.4, -0.2) is 11.3 Å². The van der Waals surface area contributed by atoms with Crippen molar-refractivity contribution in [2.75, 3.05) is 0 Å². The van der Waals surface area contributed by atoms with Crippen LogP contribution in [0.25, 0.3) is 49.7 Å². The van der Waals surface area contributed by atoms with Gasteiger partial charge in [-0.25, -0.2) is 0 Å². The molecule has 0 radical (unpaired) electrons. The molecule has 0 amide bonds. The summed E-state index contributed by atoms with van der Waals surface area (Å²) < 4.78 is 9.18. The van der Waals surface area contributed by atoms with Gasteiger partial charge < -0.3 is 9.30 Å². The first-order valence-electron chi connectivity index (χ1n) is 13.9. The molecular formula is C37H21BN2O. The molecule has 6 aromatic carbocycles. The number of ether oxygens (including phenoxy) is 1. The fourth-order valence-electron chi connectivity index (χ4n) is 6.88. The van der Waals surface area contributed by atoms with Crippen LogP contribution in [0.5, 0.6) is 11.5 Å². The summed E-state index contributed by atoms with van der Waals surface area (Å²) in [4.78, 5) is 0. The molecule has 4 heteroatoms. The zero-order valence-corrected chi connectivity index (χ0v) is 22.0. The molecule has 7 aromatic rings. The summed E-state index contributed by atoms with van der Waals surface area (Å²) in [6, 6.07) is 47.0. The lowest BCUT2D eigenvalue weighted by Gasteiger charge is -2.34. The second kappa shape index (κ2) is 8.24. The standard InChI is InChI=1S/C37H21BN2O/c39-22-23-13-15-25(16-14-23)27-20-33-36-35(21-27)41-34-18-17-26(24-7-2-1-3-8-24)19-31(34)38(36)30-11-6-10-29-28-9-4-5-12-32(28)40(33)37(29)30/h1-21H. The van der Waals surface area contributed by atoms with Gasteiger partial charge in [0.25, 0.3) is 6.71 Å². The largest absolute Gasteiger partial charge is 0.458 e. The Labute approximate surface area is 237 Å². The normalized spacial score (nSPS) is 12.5. The summed E-state index contributed by atoms with van der Waals surface area (Å²) in [7, 11) is 0. The number of rotatable bonds is 2. The molecule has 9 rings (SSSR count). The Morgan fingerprint density at radius 2 is 1.34 bits per heavy atom. The van der Waals surface area contributed by atoms with Gasteiger partial charge in [0.2, 0.25) is 0 Å². The first-order chi connectivity index (χ1) is 20.3. The number of nitriles is 1. The first-order valence-corrected chi connectivity index (χ1v) is 13.9. The Bertz CT molecular complexity index is 2240. The fourth-order valence-corrected chi connectivity index (χ4v) is 6.88. The maximum absolute atomic E-state index is 9.34. The Hall–Kier alpha value is -5.53. The van der Waals surface area contributed by atoms with E-state index in [0.29, 0.717) is 5.56 Å². The zero-order valence-electron chi connectivity index (χ0n) is 22.0. The Morgan fingerprint density at radius 1 is 0.585 bits per heavy atom. The second-order valence-corrected chi connectivity index (χ2v) is 10.8. The van der Waals surface area contributed by atoms with Crippen molar-refractivity contribution in [3.8, 4) is 45.5 Å². The van der Waals surface area contributed by atoms with Crippen molar-refractivity contribution in [1.82, 2.24) is 4.57 Å². The number of fused-ring (bicyclic) bond motifs is 7. The van der Waals surface area contributed by atoms with Crippen LogP contribution >= 0.6 is 0 Å². The van der Waals surface area contributed by atoms with Gasteiger partial charge in [-0.05, 0) is 75.0 Å². The van der Waals surface area contributed by atoms with Gasteiger partial charge in [0.1, 0.15) is 11.5 Å². The highest BCUT2D eigenvalue weighted by atomic mass is 16.5. The molecular weight excluding hydrogens is 499 g/mol. The van der Waals surface area contributed by atoms with E-state index < -0.39 is 0 Å². The molecule has 1 aromatic heterocycles. The minimum atomic E-state index is 0.0444. The molecule has 2 aliphatic rings. The summed E-state index contributed by atoms with van der Waals surface area (Å²) in [6.07, 6.45) is 0. The van der Waals surface area contributed by atoms with E-state index in [9.17, 15) is 5.26 Å². The third-order valence-corrected chi connectivity index (χ3v) is 8.68. The van der Waals surface area contributed by atoms with Crippen LogP contribution in [0.1, 0.15) is 5.56 Å². The topological polar surface area (TPSA) is 38.0 Å². The van der Waals surface area contributed by atoms with Crippen LogP contribution in [0.3, 0.4) is 0 Å². The molecule has 0 fully saturated rings. The molecule has 2 aliphatic heterocycles. The van der Waals surface area contributed by atoms with Crippen LogP contribution in [0, 0.1) is 11.3 Å². The predicted octanol–water partition coefficient (Wildman–Crippen LogP) is 6.92. The van der Waals surface area contributed by atoms with Crippen molar-refractivity contribution in [2.24, 2.45) is 0 Å². The number of hydrogen-bond donors (Lipinski definition) is 0. The number of aromatic nitrogens is 1. The quantitative estimate of drug-likeness (QED) is 0.232. The van der Waals surface area contributed by atoms with Gasteiger partial charge in [-0.2, -0.15) is 5.26 Å². The SMILES string of the molecule is N#Cc1ccc(-c2cc3c4c(c2)-n2c5ccccc5c5cccc(c52)B4c2cc(-c4ccccc4)ccc2O3)cc1. The lowest BCUT2D eigenvalue weighted by molar-refractivity contribution is 0.487. The summed E-state index contributed by atoms with van der Waals surface area (Å²) in [5.41, 5.74) is 12.4. The van der Waals surface area contributed by atoms with Gasteiger partial charge >= 0.3 is 0 Å². The van der Waals surface area contributed by atoms with Gasteiger partial charge in [-0.15, -0.1) is 0 Å². The average Bonchev–Trinajstić information content (AvgIpc) is 3.38. The third kappa shape index (κ3) is 3.09. The van der Waals surface area contributed by atoms with E-state index >= 15 is 0 Å². The molecule has 188 valence electrons. The van der Waals surface area contributed by atoms with Crippen LogP contribution < -0.4 is 21.1 Å². The lowest BCUT2D eigenvalue weighted by Crippen LogP contribution is -2.58. The molecule has 0 spiro atoms. The molecule has 0 bridgehead atoms. The number of hydrogen-bond acceptors (Lipinski definition) is 2. The molecule has 3 heterocycles. The van der Waals surface area contributed by atoms with Crippen molar-refractivity contribution in [2.45, 2.75) is 0 Å². The van der Waals surface area contributed by atoms with Gasteiger partial charge in [-0.1, -0.05) is 91.0 Å². The highest BCUT2D eigenvalue weighted by Gasteiger charge is 2.40. The summed E-state index contributed by atoms with van der Waals surface area (Å²) in [6.45, 7) is 0.0444. The van der Waals surface area contributed by atoms with E-state index in [1.807, 2.05) is 24.3 Å². The molecule has 0 saturated carbocycles. The first kappa shape index (κ1) is 22.3. The minimum absolute atomic E-state index is 0.0444. The van der Waals surface area contributed by atoms with Gasteiger partial charge in [-0.3, -0.25) is 0 Å². The predicted molar refractivity (Wildman–Crippen MR) is 168 cm³/mol. The van der Waals surface area contributed by atoms with Crippen molar-refractivity contribution in [3.63, 3.8) is 0 Å². The van der Waals surface area contributed by atoms with E-state index in [-0.39, 0.29) is 6.71 Å². The summed E-state index contributed by atoms with van der Waals surface area (Å²) in [5.74, 6) is 1.78. The zero-order chi connectivity index (χ0) is 27.1. The van der Waals surface area contributed by atoms with Crippen molar-refractivity contribution in [3.05, 3.63) is 133 Å². The summed E-state index contributed by atoms with van der Waals surface area (Å²) >= 11 is 0. The Morgan fingerprint density at radius 3 is 2.20 bits per heavy atom. The third-order valence-electron chi connectivity index (χ3n) is 8.68. The number of nitrogens with zero attached hydrogens (tertiary/aromatic N) is 2. The van der Waals surface area contributed by atoms with Crippen LogP contribution in [0.4, 0.5) is 0 Å². The molecule has 0 aliphatic carbocycles. The van der Waals surface area contributed by atoms with E-state index in [1.54, 1.807) is 0 Å². The van der Waals surface area contributed by atoms with Crippen LogP contribution in [0.2, 0.25) is 0 Å². The Kier molecular flexibility index (Phi) is 4.48. The fraction of sp³-hybridized carbons (Fsp3) is 0. The molecule has 0 atom stereocenters. The highest BCUT2D eigenvalue weighted by molar-refractivity contribution is 6.99. The lowest BCUT2D eigenvalue weighted by atomic mass is 9.34. The maximum Gasteiger partial charge on any atom is 0.256 e. The van der Waals surface area contributed by atoms with E-state index in [4.69, 9.17) is 4.74 Å².